The number of carbonyl (C=O) groups excluding carboxylic acids is 1. The van der Waals surface area contributed by atoms with Crippen LogP contribution in [0.4, 0.5) is 0 Å². The van der Waals surface area contributed by atoms with E-state index in [1.165, 1.54) is 11.8 Å². The van der Waals surface area contributed by atoms with Gasteiger partial charge in [-0.15, -0.1) is 16.6 Å². The minimum Gasteiger partial charge on any atom is -0.416 e. The van der Waals surface area contributed by atoms with E-state index in [2.05, 4.69) is 21.4 Å². The van der Waals surface area contributed by atoms with Gasteiger partial charge in [-0.3, -0.25) is 4.79 Å². The standard InChI is InChI=1S/C10H11N3O2S/c1-2-5-11-8(14)6-16-10-13-12-9(15-10)7-3-4-7/h1,7H,3-6H2,(H,11,14). The lowest BCUT2D eigenvalue weighted by atomic mass is 10.4. The summed E-state index contributed by atoms with van der Waals surface area (Å²) in [5.41, 5.74) is 0. The zero-order valence-electron chi connectivity index (χ0n) is 8.60. The first kappa shape index (κ1) is 11.0. The number of aromatic nitrogens is 2. The van der Waals surface area contributed by atoms with Crippen molar-refractivity contribution in [2.24, 2.45) is 0 Å². The molecule has 6 heteroatoms. The molecule has 0 atom stereocenters. The second-order valence-electron chi connectivity index (χ2n) is 3.45. The Morgan fingerprint density at radius 1 is 1.62 bits per heavy atom. The molecular weight excluding hydrogens is 226 g/mol. The molecule has 1 N–H and O–H groups in total. The molecule has 0 aromatic carbocycles. The van der Waals surface area contributed by atoms with Crippen molar-refractivity contribution >= 4 is 17.7 Å². The summed E-state index contributed by atoms with van der Waals surface area (Å²) in [5, 5.41) is 10.8. The first-order chi connectivity index (χ1) is 7.79. The summed E-state index contributed by atoms with van der Waals surface area (Å²) in [7, 11) is 0. The average Bonchev–Trinajstić information content (AvgIpc) is 3.03. The van der Waals surface area contributed by atoms with Crippen LogP contribution in [0.5, 0.6) is 0 Å². The molecular formula is C10H11N3O2S. The highest BCUT2D eigenvalue weighted by Crippen LogP contribution is 2.39. The van der Waals surface area contributed by atoms with Gasteiger partial charge in [0.2, 0.25) is 11.8 Å². The Hall–Kier alpha value is -1.48. The Morgan fingerprint density at radius 2 is 2.44 bits per heavy atom. The molecule has 5 nitrogen and oxygen atoms in total. The number of nitrogens with zero attached hydrogens (tertiary/aromatic N) is 2. The Labute approximate surface area is 97.4 Å². The second kappa shape index (κ2) is 5.03. The highest BCUT2D eigenvalue weighted by atomic mass is 32.2. The molecule has 1 aromatic rings. The normalized spacial score (nSPS) is 14.4. The van der Waals surface area contributed by atoms with Crippen LogP contribution in [0.25, 0.3) is 0 Å². The highest BCUT2D eigenvalue weighted by Gasteiger charge is 2.29. The Balaban J connectivity index is 1.76. The first-order valence-corrected chi connectivity index (χ1v) is 5.94. The minimum atomic E-state index is -0.130. The maximum Gasteiger partial charge on any atom is 0.277 e. The van der Waals surface area contributed by atoms with Gasteiger partial charge in [-0.25, -0.2) is 0 Å². The maximum atomic E-state index is 11.2. The number of rotatable bonds is 5. The van der Waals surface area contributed by atoms with E-state index in [4.69, 9.17) is 10.8 Å². The molecule has 16 heavy (non-hydrogen) atoms. The molecule has 1 aliphatic rings. The molecule has 0 radical (unpaired) electrons. The maximum absolute atomic E-state index is 11.2. The minimum absolute atomic E-state index is 0.130. The van der Waals surface area contributed by atoms with Crippen molar-refractivity contribution in [1.29, 1.82) is 0 Å². The van der Waals surface area contributed by atoms with Crippen LogP contribution in [0.1, 0.15) is 24.7 Å². The van der Waals surface area contributed by atoms with E-state index in [-0.39, 0.29) is 18.2 Å². The monoisotopic (exact) mass is 237 g/mol. The summed E-state index contributed by atoms with van der Waals surface area (Å²) >= 11 is 1.22. The van der Waals surface area contributed by atoms with Crippen LogP contribution < -0.4 is 5.32 Å². The van der Waals surface area contributed by atoms with Crippen molar-refractivity contribution in [2.45, 2.75) is 24.0 Å². The van der Waals surface area contributed by atoms with Crippen LogP contribution in [0.2, 0.25) is 0 Å². The number of amides is 1. The van der Waals surface area contributed by atoms with Crippen LogP contribution in [0, 0.1) is 12.3 Å². The van der Waals surface area contributed by atoms with Crippen molar-refractivity contribution < 1.29 is 9.21 Å². The van der Waals surface area contributed by atoms with Crippen molar-refractivity contribution in [1.82, 2.24) is 15.5 Å². The molecule has 1 aliphatic carbocycles. The van der Waals surface area contributed by atoms with Crippen LogP contribution in [-0.4, -0.2) is 28.4 Å². The van der Waals surface area contributed by atoms with Crippen molar-refractivity contribution in [3.63, 3.8) is 0 Å². The van der Waals surface area contributed by atoms with Crippen LogP contribution in [0.3, 0.4) is 0 Å². The van der Waals surface area contributed by atoms with Crippen LogP contribution in [0.15, 0.2) is 9.64 Å². The molecule has 0 spiro atoms. The smallest absolute Gasteiger partial charge is 0.277 e. The van der Waals surface area contributed by atoms with E-state index in [0.29, 0.717) is 17.0 Å². The number of hydrogen-bond donors (Lipinski definition) is 1. The molecule has 0 aliphatic heterocycles. The quantitative estimate of drug-likeness (QED) is 0.605. The number of carbonyl (C=O) groups is 1. The fourth-order valence-electron chi connectivity index (χ4n) is 1.10. The van der Waals surface area contributed by atoms with Crippen molar-refractivity contribution in [2.75, 3.05) is 12.3 Å². The van der Waals surface area contributed by atoms with Gasteiger partial charge in [0.1, 0.15) is 0 Å². The van der Waals surface area contributed by atoms with E-state index < -0.39 is 0 Å². The van der Waals surface area contributed by atoms with E-state index >= 15 is 0 Å². The van der Waals surface area contributed by atoms with Gasteiger partial charge in [0.15, 0.2) is 0 Å². The lowest BCUT2D eigenvalue weighted by molar-refractivity contribution is -0.118. The third kappa shape index (κ3) is 3.00. The van der Waals surface area contributed by atoms with Gasteiger partial charge >= 0.3 is 0 Å². The van der Waals surface area contributed by atoms with Gasteiger partial charge in [-0.05, 0) is 12.8 Å². The topological polar surface area (TPSA) is 68.0 Å². The largest absolute Gasteiger partial charge is 0.416 e. The van der Waals surface area contributed by atoms with Crippen LogP contribution in [-0.2, 0) is 4.79 Å². The van der Waals surface area contributed by atoms with E-state index in [1.807, 2.05) is 0 Å². The molecule has 2 rings (SSSR count). The Bertz CT molecular complexity index is 420. The lowest BCUT2D eigenvalue weighted by Crippen LogP contribution is -2.25. The van der Waals surface area contributed by atoms with Gasteiger partial charge < -0.3 is 9.73 Å². The lowest BCUT2D eigenvalue weighted by Gasteiger charge is -1.97. The molecule has 1 fully saturated rings. The van der Waals surface area contributed by atoms with Gasteiger partial charge in [-0.2, -0.15) is 0 Å². The summed E-state index contributed by atoms with van der Waals surface area (Å²) in [6, 6.07) is 0. The zero-order chi connectivity index (χ0) is 11.4. The summed E-state index contributed by atoms with van der Waals surface area (Å²) < 4.78 is 5.38. The predicted molar refractivity (Wildman–Crippen MR) is 58.8 cm³/mol. The van der Waals surface area contributed by atoms with Gasteiger partial charge in [-0.1, -0.05) is 17.7 Å². The first-order valence-electron chi connectivity index (χ1n) is 4.96. The fourth-order valence-corrected chi connectivity index (χ4v) is 1.70. The summed E-state index contributed by atoms with van der Waals surface area (Å²) in [4.78, 5) is 11.2. The third-order valence-corrected chi connectivity index (χ3v) is 2.88. The van der Waals surface area contributed by atoms with Gasteiger partial charge in [0.05, 0.1) is 12.3 Å². The summed E-state index contributed by atoms with van der Waals surface area (Å²) in [6.07, 6.45) is 7.26. The van der Waals surface area contributed by atoms with Crippen molar-refractivity contribution in [3.05, 3.63) is 5.89 Å². The van der Waals surface area contributed by atoms with E-state index in [0.717, 1.165) is 12.8 Å². The van der Waals surface area contributed by atoms with Crippen molar-refractivity contribution in [3.8, 4) is 12.3 Å². The SMILES string of the molecule is C#CCNC(=O)CSc1nnc(C2CC2)o1. The van der Waals surface area contributed by atoms with Crippen LogP contribution >= 0.6 is 11.8 Å². The average molecular weight is 237 g/mol. The molecule has 1 saturated carbocycles. The molecule has 1 heterocycles. The second-order valence-corrected chi connectivity index (χ2v) is 4.38. The van der Waals surface area contributed by atoms with Gasteiger partial charge in [0.25, 0.3) is 5.22 Å². The predicted octanol–water partition coefficient (Wildman–Crippen LogP) is 0.788. The Kier molecular flexibility index (Phi) is 3.47. The summed E-state index contributed by atoms with van der Waals surface area (Å²) in [6.45, 7) is 0.247. The molecule has 1 amide bonds. The zero-order valence-corrected chi connectivity index (χ0v) is 9.42. The van der Waals surface area contributed by atoms with E-state index in [9.17, 15) is 4.79 Å². The molecule has 0 unspecified atom stereocenters. The molecule has 0 saturated heterocycles. The highest BCUT2D eigenvalue weighted by molar-refractivity contribution is 7.99. The third-order valence-electron chi connectivity index (χ3n) is 2.06. The number of hydrogen-bond acceptors (Lipinski definition) is 5. The molecule has 1 aromatic heterocycles. The van der Waals surface area contributed by atoms with Gasteiger partial charge in [0, 0.05) is 5.92 Å². The number of terminal acetylenes is 1. The molecule has 84 valence electrons. The fraction of sp³-hybridized carbons (Fsp3) is 0.500. The summed E-state index contributed by atoms with van der Waals surface area (Å²) in [5.74, 6) is 3.57. The Morgan fingerprint density at radius 3 is 3.12 bits per heavy atom. The molecule has 0 bridgehead atoms. The number of nitrogens with one attached hydrogen (secondary N) is 1. The van der Waals surface area contributed by atoms with E-state index in [1.54, 1.807) is 0 Å². The number of thioether (sulfide) groups is 1.